The number of furan rings is 1. The van der Waals surface area contributed by atoms with Gasteiger partial charge in [0.25, 0.3) is 11.5 Å². The van der Waals surface area contributed by atoms with Gasteiger partial charge in [-0.1, -0.05) is 53.5 Å². The average molecular weight is 558 g/mol. The highest BCUT2D eigenvalue weighted by Crippen LogP contribution is 2.25. The molecule has 5 rings (SSSR count). The van der Waals surface area contributed by atoms with E-state index in [-0.39, 0.29) is 15.8 Å². The Labute approximate surface area is 230 Å². The van der Waals surface area contributed by atoms with Crippen LogP contribution in [0.25, 0.3) is 28.7 Å². The molecule has 2 heterocycles. The molecular weight excluding hydrogens is 541 g/mol. The fraction of sp³-hybridized carbons (Fsp3) is 0. The summed E-state index contributed by atoms with van der Waals surface area (Å²) >= 11 is 13.1. The van der Waals surface area contributed by atoms with E-state index in [4.69, 9.17) is 27.6 Å². The van der Waals surface area contributed by atoms with Crippen molar-refractivity contribution < 1.29 is 9.21 Å². The molecule has 0 radical (unpaired) electrons. The van der Waals surface area contributed by atoms with E-state index >= 15 is 0 Å². The van der Waals surface area contributed by atoms with Gasteiger partial charge in [0.2, 0.25) is 0 Å². The molecule has 0 aliphatic heterocycles. The third-order valence-electron chi connectivity index (χ3n) is 5.50. The molecule has 2 aromatic heterocycles. The Morgan fingerprint density at radius 1 is 0.947 bits per heavy atom. The highest BCUT2D eigenvalue weighted by Gasteiger charge is 2.17. The van der Waals surface area contributed by atoms with Crippen LogP contribution < -0.4 is 20.1 Å². The van der Waals surface area contributed by atoms with Crippen LogP contribution >= 0.6 is 34.5 Å². The van der Waals surface area contributed by atoms with Gasteiger partial charge < -0.3 is 9.73 Å². The summed E-state index contributed by atoms with van der Waals surface area (Å²) in [5, 5.41) is 13.8. The molecule has 38 heavy (non-hydrogen) atoms. The SMILES string of the molecule is N#C/C(C(=O)Nc1ccc(Cl)cc1)=c1/s/c(=C/c2ccc(-c3cccc(Cl)c3)o2)c(=O)n1-c1ccccc1. The summed E-state index contributed by atoms with van der Waals surface area (Å²) < 4.78 is 7.79. The molecule has 6 nitrogen and oxygen atoms in total. The minimum Gasteiger partial charge on any atom is -0.457 e. The number of amides is 1. The number of halogens is 2. The molecule has 9 heteroatoms. The van der Waals surface area contributed by atoms with E-state index in [1.54, 1.807) is 78.9 Å². The fourth-order valence-electron chi connectivity index (χ4n) is 3.74. The number of rotatable bonds is 5. The molecule has 3 aromatic carbocycles. The third-order valence-corrected chi connectivity index (χ3v) is 7.08. The standard InChI is InChI=1S/C29H17Cl2N3O3S/c30-19-9-11-21(12-10-19)33-27(35)24(17-32)29-34(22-7-2-1-3-8-22)28(36)26(38-29)16-23-13-14-25(37-23)18-5-4-6-20(31)15-18/h1-16H,(H,33,35)/b26-16+,29-24-. The van der Waals surface area contributed by atoms with Crippen molar-refractivity contribution in [1.29, 1.82) is 5.26 Å². The Bertz CT molecular complexity index is 1870. The van der Waals surface area contributed by atoms with Crippen molar-refractivity contribution in [2.45, 2.75) is 0 Å². The van der Waals surface area contributed by atoms with Crippen LogP contribution in [0.4, 0.5) is 5.69 Å². The quantitative estimate of drug-likeness (QED) is 0.304. The number of nitrogens with zero attached hydrogens (tertiary/aromatic N) is 2. The number of para-hydroxylation sites is 1. The Morgan fingerprint density at radius 2 is 1.71 bits per heavy atom. The van der Waals surface area contributed by atoms with Crippen molar-refractivity contribution in [1.82, 2.24) is 4.57 Å². The summed E-state index contributed by atoms with van der Waals surface area (Å²) in [5.74, 6) is 0.383. The molecule has 1 amide bonds. The van der Waals surface area contributed by atoms with Crippen molar-refractivity contribution in [3.8, 4) is 23.1 Å². The van der Waals surface area contributed by atoms with Gasteiger partial charge >= 0.3 is 0 Å². The van der Waals surface area contributed by atoms with E-state index in [9.17, 15) is 14.9 Å². The van der Waals surface area contributed by atoms with Gasteiger partial charge in [-0.3, -0.25) is 14.2 Å². The summed E-state index contributed by atoms with van der Waals surface area (Å²) in [4.78, 5) is 26.7. The lowest BCUT2D eigenvalue weighted by Gasteiger charge is -2.06. The van der Waals surface area contributed by atoms with Gasteiger partial charge in [0, 0.05) is 27.4 Å². The van der Waals surface area contributed by atoms with E-state index in [1.807, 2.05) is 24.3 Å². The maximum absolute atomic E-state index is 13.6. The molecule has 0 atom stereocenters. The molecule has 0 bridgehead atoms. The van der Waals surface area contributed by atoms with Crippen molar-refractivity contribution in [3.05, 3.63) is 126 Å². The number of aromatic nitrogens is 1. The highest BCUT2D eigenvalue weighted by molar-refractivity contribution is 7.07. The molecule has 1 N–H and O–H groups in total. The van der Waals surface area contributed by atoms with E-state index in [0.717, 1.165) is 16.9 Å². The first-order chi connectivity index (χ1) is 18.4. The van der Waals surface area contributed by atoms with Crippen LogP contribution in [0.1, 0.15) is 5.76 Å². The molecule has 0 aliphatic rings. The predicted molar refractivity (Wildman–Crippen MR) is 151 cm³/mol. The molecule has 186 valence electrons. The van der Waals surface area contributed by atoms with Crippen LogP contribution in [0.5, 0.6) is 0 Å². The van der Waals surface area contributed by atoms with Crippen LogP contribution in [-0.2, 0) is 4.79 Å². The number of nitriles is 1. The summed E-state index contributed by atoms with van der Waals surface area (Å²) in [5.41, 5.74) is 1.20. The van der Waals surface area contributed by atoms with Crippen molar-refractivity contribution in [2.24, 2.45) is 0 Å². The van der Waals surface area contributed by atoms with Gasteiger partial charge in [-0.15, -0.1) is 11.3 Å². The zero-order valence-corrected chi connectivity index (χ0v) is 21.8. The third kappa shape index (κ3) is 5.34. The maximum Gasteiger partial charge on any atom is 0.273 e. The second kappa shape index (κ2) is 11.0. The van der Waals surface area contributed by atoms with Crippen LogP contribution in [-0.4, -0.2) is 10.5 Å². The molecule has 0 fully saturated rings. The summed E-state index contributed by atoms with van der Waals surface area (Å²) in [7, 11) is 0. The lowest BCUT2D eigenvalue weighted by molar-refractivity contribution is -0.111. The largest absolute Gasteiger partial charge is 0.457 e. The average Bonchev–Trinajstić information content (AvgIpc) is 3.51. The second-order valence-corrected chi connectivity index (χ2v) is 9.96. The lowest BCUT2D eigenvalue weighted by Crippen LogP contribution is -2.32. The highest BCUT2D eigenvalue weighted by atomic mass is 35.5. The Hall–Kier alpha value is -4.35. The van der Waals surface area contributed by atoms with Gasteiger partial charge in [-0.25, -0.2) is 0 Å². The zero-order chi connectivity index (χ0) is 26.6. The van der Waals surface area contributed by atoms with E-state index in [2.05, 4.69) is 5.32 Å². The van der Waals surface area contributed by atoms with Gasteiger partial charge in [-0.05, 0) is 60.7 Å². The molecule has 0 saturated heterocycles. The number of nitrogens with one attached hydrogen (secondary N) is 1. The predicted octanol–water partition coefficient (Wildman–Crippen LogP) is 5.61. The van der Waals surface area contributed by atoms with Crippen LogP contribution in [0.2, 0.25) is 10.0 Å². The van der Waals surface area contributed by atoms with Gasteiger partial charge in [0.15, 0.2) is 5.57 Å². The van der Waals surface area contributed by atoms with Gasteiger partial charge in [0.05, 0.1) is 10.2 Å². The number of benzene rings is 3. The molecular formula is C29H17Cl2N3O3S. The first-order valence-corrected chi connectivity index (χ1v) is 12.9. The summed E-state index contributed by atoms with van der Waals surface area (Å²) in [6, 6.07) is 28.1. The number of thiazole rings is 1. The number of hydrogen-bond donors (Lipinski definition) is 1. The first kappa shape index (κ1) is 25.3. The number of carbonyl (C=O) groups excluding carboxylic acids is 1. The lowest BCUT2D eigenvalue weighted by atomic mass is 10.2. The molecule has 0 saturated carbocycles. The molecule has 5 aromatic rings. The topological polar surface area (TPSA) is 88.0 Å². The first-order valence-electron chi connectivity index (χ1n) is 11.3. The second-order valence-electron chi connectivity index (χ2n) is 8.05. The van der Waals surface area contributed by atoms with Gasteiger partial charge in [-0.2, -0.15) is 5.26 Å². The van der Waals surface area contributed by atoms with Crippen LogP contribution in [0.15, 0.2) is 100 Å². The van der Waals surface area contributed by atoms with E-state index < -0.39 is 5.91 Å². The summed E-state index contributed by atoms with van der Waals surface area (Å²) in [6.45, 7) is 0. The van der Waals surface area contributed by atoms with E-state index in [1.165, 1.54) is 4.57 Å². The van der Waals surface area contributed by atoms with Crippen LogP contribution in [0.3, 0.4) is 0 Å². The number of carbonyl (C=O) groups is 1. The normalized spacial score (nSPS) is 12.2. The molecule has 0 spiro atoms. The zero-order valence-electron chi connectivity index (χ0n) is 19.5. The Balaban J connectivity index is 1.65. The number of hydrogen-bond acceptors (Lipinski definition) is 5. The maximum atomic E-state index is 13.6. The fourth-order valence-corrected chi connectivity index (χ4v) is 5.14. The van der Waals surface area contributed by atoms with Crippen molar-refractivity contribution >= 4 is 57.8 Å². The van der Waals surface area contributed by atoms with Crippen molar-refractivity contribution in [3.63, 3.8) is 0 Å². The monoisotopic (exact) mass is 557 g/mol. The van der Waals surface area contributed by atoms with Crippen molar-refractivity contribution in [2.75, 3.05) is 5.32 Å². The molecule has 0 aliphatic carbocycles. The van der Waals surface area contributed by atoms with E-state index in [0.29, 0.717) is 37.5 Å². The Morgan fingerprint density at radius 3 is 2.42 bits per heavy atom. The van der Waals surface area contributed by atoms with Gasteiger partial charge in [0.1, 0.15) is 22.3 Å². The van der Waals surface area contributed by atoms with Crippen LogP contribution in [0, 0.1) is 11.3 Å². The number of anilines is 1. The smallest absolute Gasteiger partial charge is 0.273 e. The molecule has 0 unspecified atom stereocenters. The Kier molecular flexibility index (Phi) is 7.29. The minimum absolute atomic E-state index is 0.197. The summed E-state index contributed by atoms with van der Waals surface area (Å²) in [6.07, 6.45) is 1.59. The minimum atomic E-state index is -0.645.